The van der Waals surface area contributed by atoms with E-state index in [1.165, 1.54) is 0 Å². The van der Waals surface area contributed by atoms with Crippen LogP contribution in [0.1, 0.15) is 30.0 Å². The molecule has 1 aliphatic heterocycles. The summed E-state index contributed by atoms with van der Waals surface area (Å²) >= 11 is 0. The molecule has 1 saturated heterocycles. The van der Waals surface area contributed by atoms with Crippen molar-refractivity contribution in [3.8, 4) is 5.82 Å². The number of hydrogen-bond donors (Lipinski definition) is 0. The predicted molar refractivity (Wildman–Crippen MR) is 97.9 cm³/mol. The van der Waals surface area contributed by atoms with Gasteiger partial charge in [-0.2, -0.15) is 0 Å². The van der Waals surface area contributed by atoms with Gasteiger partial charge in [-0.3, -0.25) is 14.3 Å². The number of carbonyl (C=O) groups is 1. The highest BCUT2D eigenvalue weighted by atomic mass is 16.2. The summed E-state index contributed by atoms with van der Waals surface area (Å²) in [6, 6.07) is 9.91. The molecule has 0 aliphatic carbocycles. The van der Waals surface area contributed by atoms with Crippen LogP contribution in [0.4, 0.5) is 0 Å². The average Bonchev–Trinajstić information content (AvgIpc) is 3.23. The molecule has 0 spiro atoms. The highest BCUT2D eigenvalue weighted by molar-refractivity contribution is 5.79. The number of benzene rings is 1. The van der Waals surface area contributed by atoms with Gasteiger partial charge in [0, 0.05) is 43.8 Å². The molecule has 3 aromatic rings. The second-order valence-electron chi connectivity index (χ2n) is 6.58. The minimum atomic E-state index is 0.175. The van der Waals surface area contributed by atoms with Crippen molar-refractivity contribution >= 4 is 5.91 Å². The Hall–Kier alpha value is -3.02. The lowest BCUT2D eigenvalue weighted by atomic mass is 9.93. The minimum absolute atomic E-state index is 0.175. The van der Waals surface area contributed by atoms with Crippen LogP contribution >= 0.6 is 0 Å². The molecule has 4 rings (SSSR count). The van der Waals surface area contributed by atoms with E-state index in [-0.39, 0.29) is 11.8 Å². The lowest BCUT2D eigenvalue weighted by Crippen LogP contribution is -2.40. The Labute approximate surface area is 152 Å². The lowest BCUT2D eigenvalue weighted by Gasteiger charge is -2.33. The van der Waals surface area contributed by atoms with Crippen LogP contribution in [0.15, 0.2) is 61.4 Å². The third-order valence-electron chi connectivity index (χ3n) is 4.81. The number of nitrogens with zero attached hydrogens (tertiary/aromatic N) is 5. The van der Waals surface area contributed by atoms with Gasteiger partial charge in [0.25, 0.3) is 0 Å². The highest BCUT2D eigenvalue weighted by Gasteiger charge is 2.28. The Morgan fingerprint density at radius 1 is 1.12 bits per heavy atom. The molecule has 1 amide bonds. The van der Waals surface area contributed by atoms with Crippen molar-refractivity contribution in [1.29, 1.82) is 0 Å². The molecule has 0 radical (unpaired) electrons. The minimum Gasteiger partial charge on any atom is -0.342 e. The van der Waals surface area contributed by atoms with Crippen LogP contribution in [0.25, 0.3) is 5.82 Å². The number of amides is 1. The standard InChI is InChI=1S/C20H21N5O/c26-18(13-16-5-2-1-3-6-16)24-11-4-7-17(14-24)19-20(23-9-8-22-19)25-12-10-21-15-25/h1-3,5-6,8-10,12,15,17H,4,7,11,13-14H2. The molecule has 1 fully saturated rings. The van der Waals surface area contributed by atoms with E-state index < -0.39 is 0 Å². The Bertz CT molecular complexity index is 863. The summed E-state index contributed by atoms with van der Waals surface area (Å²) in [5, 5.41) is 0. The Kier molecular flexibility index (Phi) is 4.73. The fraction of sp³-hybridized carbons (Fsp3) is 0.300. The van der Waals surface area contributed by atoms with Gasteiger partial charge in [-0.05, 0) is 18.4 Å². The van der Waals surface area contributed by atoms with Gasteiger partial charge in [0.15, 0.2) is 5.82 Å². The maximum absolute atomic E-state index is 12.7. The lowest BCUT2D eigenvalue weighted by molar-refractivity contribution is -0.131. The van der Waals surface area contributed by atoms with Crippen molar-refractivity contribution < 1.29 is 4.79 Å². The van der Waals surface area contributed by atoms with Crippen molar-refractivity contribution in [1.82, 2.24) is 24.4 Å². The van der Waals surface area contributed by atoms with E-state index in [9.17, 15) is 4.79 Å². The summed E-state index contributed by atoms with van der Waals surface area (Å²) in [5.74, 6) is 1.16. The largest absolute Gasteiger partial charge is 0.342 e. The molecule has 2 aromatic heterocycles. The summed E-state index contributed by atoms with van der Waals surface area (Å²) in [5.41, 5.74) is 1.99. The smallest absolute Gasteiger partial charge is 0.227 e. The third-order valence-corrected chi connectivity index (χ3v) is 4.81. The van der Waals surface area contributed by atoms with Crippen LogP contribution in [0.5, 0.6) is 0 Å². The molecule has 0 N–H and O–H groups in total. The molecule has 6 heteroatoms. The number of hydrogen-bond acceptors (Lipinski definition) is 4. The van der Waals surface area contributed by atoms with Gasteiger partial charge in [-0.1, -0.05) is 30.3 Å². The van der Waals surface area contributed by atoms with E-state index in [1.54, 1.807) is 24.9 Å². The van der Waals surface area contributed by atoms with Gasteiger partial charge < -0.3 is 4.90 Å². The van der Waals surface area contributed by atoms with E-state index in [1.807, 2.05) is 46.0 Å². The van der Waals surface area contributed by atoms with Crippen LogP contribution < -0.4 is 0 Å². The van der Waals surface area contributed by atoms with E-state index >= 15 is 0 Å². The van der Waals surface area contributed by atoms with Crippen LogP contribution in [-0.2, 0) is 11.2 Å². The molecule has 26 heavy (non-hydrogen) atoms. The molecule has 132 valence electrons. The fourth-order valence-electron chi connectivity index (χ4n) is 3.52. The molecule has 0 bridgehead atoms. The van der Waals surface area contributed by atoms with Crippen molar-refractivity contribution in [2.24, 2.45) is 0 Å². The quantitative estimate of drug-likeness (QED) is 0.728. The van der Waals surface area contributed by atoms with Crippen molar-refractivity contribution in [3.05, 3.63) is 72.7 Å². The normalized spacial score (nSPS) is 17.2. The van der Waals surface area contributed by atoms with E-state index in [0.717, 1.165) is 36.5 Å². The SMILES string of the molecule is O=C(Cc1ccccc1)N1CCCC(c2nccnc2-n2ccnc2)C1. The fourth-order valence-corrected chi connectivity index (χ4v) is 3.52. The van der Waals surface area contributed by atoms with Gasteiger partial charge in [0.2, 0.25) is 5.91 Å². The van der Waals surface area contributed by atoms with Crippen LogP contribution in [-0.4, -0.2) is 43.4 Å². The zero-order chi connectivity index (χ0) is 17.8. The molecule has 1 atom stereocenters. The molecule has 0 saturated carbocycles. The van der Waals surface area contributed by atoms with Crippen LogP contribution in [0.3, 0.4) is 0 Å². The van der Waals surface area contributed by atoms with E-state index in [2.05, 4.69) is 15.0 Å². The number of piperidine rings is 1. The number of carbonyl (C=O) groups excluding carboxylic acids is 1. The summed E-state index contributed by atoms with van der Waals surface area (Å²) in [4.78, 5) is 27.9. The number of likely N-dealkylation sites (tertiary alicyclic amines) is 1. The molecule has 6 nitrogen and oxygen atoms in total. The Balaban J connectivity index is 1.52. The molecular formula is C20H21N5O. The Morgan fingerprint density at radius 3 is 2.77 bits per heavy atom. The summed E-state index contributed by atoms with van der Waals surface area (Å²) in [6.07, 6.45) is 11.2. The molecule has 1 aliphatic rings. The summed E-state index contributed by atoms with van der Waals surface area (Å²) < 4.78 is 1.88. The highest BCUT2D eigenvalue weighted by Crippen LogP contribution is 2.28. The molecule has 1 unspecified atom stereocenters. The van der Waals surface area contributed by atoms with Crippen LogP contribution in [0.2, 0.25) is 0 Å². The van der Waals surface area contributed by atoms with Gasteiger partial charge in [0.05, 0.1) is 12.1 Å². The predicted octanol–water partition coefficient (Wildman–Crippen LogP) is 2.61. The van der Waals surface area contributed by atoms with Gasteiger partial charge in [0.1, 0.15) is 6.33 Å². The van der Waals surface area contributed by atoms with Gasteiger partial charge in [-0.25, -0.2) is 9.97 Å². The maximum atomic E-state index is 12.7. The van der Waals surface area contributed by atoms with Crippen molar-refractivity contribution in [2.75, 3.05) is 13.1 Å². The van der Waals surface area contributed by atoms with Gasteiger partial charge >= 0.3 is 0 Å². The second kappa shape index (κ2) is 7.47. The maximum Gasteiger partial charge on any atom is 0.227 e. The van der Waals surface area contributed by atoms with Crippen molar-refractivity contribution in [2.45, 2.75) is 25.2 Å². The number of aromatic nitrogens is 4. The average molecular weight is 347 g/mol. The number of rotatable bonds is 4. The van der Waals surface area contributed by atoms with E-state index in [4.69, 9.17) is 0 Å². The van der Waals surface area contributed by atoms with Gasteiger partial charge in [-0.15, -0.1) is 0 Å². The van der Waals surface area contributed by atoms with Crippen molar-refractivity contribution in [3.63, 3.8) is 0 Å². The zero-order valence-corrected chi connectivity index (χ0v) is 14.5. The first-order valence-electron chi connectivity index (χ1n) is 8.92. The first-order valence-corrected chi connectivity index (χ1v) is 8.92. The summed E-state index contributed by atoms with van der Waals surface area (Å²) in [6.45, 7) is 1.49. The molecular weight excluding hydrogens is 326 g/mol. The Morgan fingerprint density at radius 2 is 1.96 bits per heavy atom. The monoisotopic (exact) mass is 347 g/mol. The topological polar surface area (TPSA) is 63.9 Å². The first kappa shape index (κ1) is 16.4. The summed E-state index contributed by atoms with van der Waals surface area (Å²) in [7, 11) is 0. The number of imidazole rings is 1. The molecule has 3 heterocycles. The second-order valence-corrected chi connectivity index (χ2v) is 6.58. The van der Waals surface area contributed by atoms with Crippen LogP contribution in [0, 0.1) is 0 Å². The third kappa shape index (κ3) is 3.49. The molecule has 1 aromatic carbocycles. The zero-order valence-electron chi connectivity index (χ0n) is 14.5. The first-order chi connectivity index (χ1) is 12.8. The van der Waals surface area contributed by atoms with E-state index in [0.29, 0.717) is 13.0 Å².